The van der Waals surface area contributed by atoms with Crippen LogP contribution in [-0.2, 0) is 24.4 Å². The number of ether oxygens (including phenoxy) is 2. The van der Waals surface area contributed by atoms with Crippen LogP contribution in [0.3, 0.4) is 0 Å². The SMILES string of the molecule is CC(C)(Cc1nc2cc(OCc3ccc4ccccc4n3)ccc2n1Cc1ccccc1OC(F)(F)F)C(=O)O. The topological polar surface area (TPSA) is 86.5 Å². The second-order valence-electron chi connectivity index (χ2n) is 10.1. The Kier molecular flexibility index (Phi) is 7.10. The predicted octanol–water partition coefficient (Wildman–Crippen LogP) is 6.76. The number of rotatable bonds is 9. The standard InChI is InChI=1S/C30H26F3N3O4/c1-29(2,28(37)38)16-27-35-24-15-22(39-18-21-12-11-19-7-3-5-9-23(19)34-21)13-14-25(24)36(27)17-20-8-4-6-10-26(20)40-30(31,32)33/h3-15H,16-18H2,1-2H3,(H,37,38). The van der Waals surface area contributed by atoms with Gasteiger partial charge in [0.2, 0.25) is 0 Å². The van der Waals surface area contributed by atoms with E-state index < -0.39 is 17.7 Å². The van der Waals surface area contributed by atoms with Crippen LogP contribution in [-0.4, -0.2) is 32.0 Å². The Morgan fingerprint density at radius 1 is 0.925 bits per heavy atom. The van der Waals surface area contributed by atoms with Gasteiger partial charge in [-0.05, 0) is 44.2 Å². The number of carbonyl (C=O) groups is 1. The Bertz CT molecular complexity index is 1700. The Balaban J connectivity index is 1.47. The highest BCUT2D eigenvalue weighted by atomic mass is 19.4. The summed E-state index contributed by atoms with van der Waals surface area (Å²) < 4.78 is 51.0. The van der Waals surface area contributed by atoms with Gasteiger partial charge in [0.1, 0.15) is 23.9 Å². The number of fused-ring (bicyclic) bond motifs is 2. The van der Waals surface area contributed by atoms with Crippen molar-refractivity contribution in [1.82, 2.24) is 14.5 Å². The third kappa shape index (κ3) is 6.01. The van der Waals surface area contributed by atoms with E-state index in [0.29, 0.717) is 22.6 Å². The third-order valence-corrected chi connectivity index (χ3v) is 6.55. The van der Waals surface area contributed by atoms with Gasteiger partial charge in [0.05, 0.1) is 34.2 Å². The van der Waals surface area contributed by atoms with Gasteiger partial charge >= 0.3 is 12.3 Å². The molecule has 0 radical (unpaired) electrons. The van der Waals surface area contributed by atoms with Gasteiger partial charge in [-0.15, -0.1) is 13.2 Å². The van der Waals surface area contributed by atoms with Gasteiger partial charge in [0.25, 0.3) is 0 Å². The summed E-state index contributed by atoms with van der Waals surface area (Å²) in [7, 11) is 0. The van der Waals surface area contributed by atoms with E-state index in [1.807, 2.05) is 36.4 Å². The van der Waals surface area contributed by atoms with E-state index >= 15 is 0 Å². The van der Waals surface area contributed by atoms with Crippen LogP contribution in [0.2, 0.25) is 0 Å². The van der Waals surface area contributed by atoms with Crippen molar-refractivity contribution in [1.29, 1.82) is 0 Å². The van der Waals surface area contributed by atoms with Crippen molar-refractivity contribution in [2.45, 2.75) is 39.8 Å². The number of nitrogens with zero attached hydrogens (tertiary/aromatic N) is 3. The fourth-order valence-corrected chi connectivity index (χ4v) is 4.41. The molecule has 0 unspecified atom stereocenters. The first kappa shape index (κ1) is 27.0. The Morgan fingerprint density at radius 3 is 2.45 bits per heavy atom. The monoisotopic (exact) mass is 549 g/mol. The first-order valence-electron chi connectivity index (χ1n) is 12.5. The van der Waals surface area contributed by atoms with Gasteiger partial charge in [0, 0.05) is 23.4 Å². The molecule has 3 aromatic carbocycles. The van der Waals surface area contributed by atoms with Crippen LogP contribution in [0, 0.1) is 5.41 Å². The fraction of sp³-hybridized carbons (Fsp3) is 0.233. The lowest BCUT2D eigenvalue weighted by Crippen LogP contribution is -2.28. The quantitative estimate of drug-likeness (QED) is 0.219. The smallest absolute Gasteiger partial charge is 0.487 e. The average molecular weight is 550 g/mol. The minimum absolute atomic E-state index is 0.00496. The molecule has 2 heterocycles. The maximum atomic E-state index is 13.0. The average Bonchev–Trinajstić information content (AvgIpc) is 3.22. The lowest BCUT2D eigenvalue weighted by molar-refractivity contribution is -0.274. The molecule has 0 aliphatic carbocycles. The van der Waals surface area contributed by atoms with Crippen molar-refractivity contribution in [3.05, 3.63) is 95.9 Å². The summed E-state index contributed by atoms with van der Waals surface area (Å²) in [5.41, 5.74) is 1.86. The molecule has 0 bridgehead atoms. The second kappa shape index (κ2) is 10.5. The predicted molar refractivity (Wildman–Crippen MR) is 143 cm³/mol. The Labute approximate surface area is 227 Å². The number of aliphatic carboxylic acids is 1. The summed E-state index contributed by atoms with van der Waals surface area (Å²) in [5.74, 6) is -0.406. The summed E-state index contributed by atoms with van der Waals surface area (Å²) in [6.45, 7) is 3.36. The molecule has 0 aliphatic rings. The highest BCUT2D eigenvalue weighted by Gasteiger charge is 2.33. The molecule has 5 aromatic rings. The number of benzene rings is 3. The number of hydrogen-bond donors (Lipinski definition) is 1. The summed E-state index contributed by atoms with van der Waals surface area (Å²) in [6.07, 6.45) is -4.80. The van der Waals surface area contributed by atoms with E-state index in [4.69, 9.17) is 4.74 Å². The van der Waals surface area contributed by atoms with Crippen molar-refractivity contribution in [2.24, 2.45) is 5.41 Å². The molecule has 206 valence electrons. The largest absolute Gasteiger partial charge is 0.573 e. The van der Waals surface area contributed by atoms with Crippen LogP contribution in [0.4, 0.5) is 13.2 Å². The van der Waals surface area contributed by atoms with Gasteiger partial charge in [0.15, 0.2) is 0 Å². The summed E-state index contributed by atoms with van der Waals surface area (Å²) >= 11 is 0. The molecule has 0 amide bonds. The van der Waals surface area contributed by atoms with Crippen molar-refractivity contribution >= 4 is 27.9 Å². The zero-order valence-corrected chi connectivity index (χ0v) is 21.8. The van der Waals surface area contributed by atoms with E-state index in [-0.39, 0.29) is 30.9 Å². The van der Waals surface area contributed by atoms with E-state index in [1.54, 1.807) is 42.7 Å². The van der Waals surface area contributed by atoms with Gasteiger partial charge in [-0.1, -0.05) is 42.5 Å². The zero-order chi connectivity index (χ0) is 28.5. The van der Waals surface area contributed by atoms with Gasteiger partial charge in [-0.3, -0.25) is 4.79 Å². The molecule has 10 heteroatoms. The molecule has 40 heavy (non-hydrogen) atoms. The fourth-order valence-electron chi connectivity index (χ4n) is 4.41. The van der Waals surface area contributed by atoms with Crippen molar-refractivity contribution in [2.75, 3.05) is 0 Å². The number of halogens is 3. The van der Waals surface area contributed by atoms with Crippen molar-refractivity contribution in [3.8, 4) is 11.5 Å². The number of alkyl halides is 3. The first-order chi connectivity index (χ1) is 19.0. The molecule has 0 aliphatic heterocycles. The number of hydrogen-bond acceptors (Lipinski definition) is 5. The lowest BCUT2D eigenvalue weighted by atomic mass is 9.89. The van der Waals surface area contributed by atoms with Gasteiger partial charge < -0.3 is 19.1 Å². The maximum absolute atomic E-state index is 13.0. The number of carboxylic acids is 1. The van der Waals surface area contributed by atoms with E-state index in [1.165, 1.54) is 18.2 Å². The molecule has 0 spiro atoms. The molecule has 2 aromatic heterocycles. The van der Waals surface area contributed by atoms with E-state index in [2.05, 4.69) is 14.7 Å². The minimum atomic E-state index is -4.85. The Morgan fingerprint density at radius 2 is 1.68 bits per heavy atom. The third-order valence-electron chi connectivity index (χ3n) is 6.55. The number of pyridine rings is 1. The molecular formula is C30H26F3N3O4. The van der Waals surface area contributed by atoms with Crippen molar-refractivity contribution < 1.29 is 32.5 Å². The lowest BCUT2D eigenvalue weighted by Gasteiger charge is -2.20. The number of aromatic nitrogens is 3. The van der Waals surface area contributed by atoms with Gasteiger partial charge in [-0.25, -0.2) is 9.97 Å². The van der Waals surface area contributed by atoms with Crippen LogP contribution in [0.15, 0.2) is 78.9 Å². The second-order valence-corrected chi connectivity index (χ2v) is 10.1. The highest BCUT2D eigenvalue weighted by molar-refractivity contribution is 5.79. The summed E-state index contributed by atoms with van der Waals surface area (Å²) in [6, 6.07) is 22.7. The molecule has 5 rings (SSSR count). The maximum Gasteiger partial charge on any atom is 0.573 e. The zero-order valence-electron chi connectivity index (χ0n) is 21.8. The van der Waals surface area contributed by atoms with Crippen molar-refractivity contribution in [3.63, 3.8) is 0 Å². The van der Waals surface area contributed by atoms with Crippen LogP contribution in [0.25, 0.3) is 21.9 Å². The van der Waals surface area contributed by atoms with E-state index in [9.17, 15) is 23.1 Å². The molecule has 0 fully saturated rings. The molecular weight excluding hydrogens is 523 g/mol. The first-order valence-corrected chi connectivity index (χ1v) is 12.5. The van der Waals surface area contributed by atoms with Crippen LogP contribution in [0.5, 0.6) is 11.5 Å². The highest BCUT2D eigenvalue weighted by Crippen LogP contribution is 2.31. The molecule has 0 saturated carbocycles. The van der Waals surface area contributed by atoms with E-state index in [0.717, 1.165) is 16.6 Å². The normalized spacial score (nSPS) is 12.1. The van der Waals surface area contributed by atoms with Crippen LogP contribution >= 0.6 is 0 Å². The van der Waals surface area contributed by atoms with Crippen LogP contribution < -0.4 is 9.47 Å². The molecule has 1 N–H and O–H groups in total. The Hall–Kier alpha value is -4.60. The summed E-state index contributed by atoms with van der Waals surface area (Å²) in [4.78, 5) is 21.2. The van der Waals surface area contributed by atoms with Gasteiger partial charge in [-0.2, -0.15) is 0 Å². The summed E-state index contributed by atoms with van der Waals surface area (Å²) in [5, 5.41) is 10.7. The molecule has 7 nitrogen and oxygen atoms in total. The van der Waals surface area contributed by atoms with Crippen LogP contribution in [0.1, 0.15) is 30.9 Å². The minimum Gasteiger partial charge on any atom is -0.487 e. The number of para-hydroxylation sites is 2. The molecule has 0 saturated heterocycles. The number of carboxylic acid groups (broad SMARTS) is 1. The molecule has 0 atom stereocenters. The number of imidazole rings is 1.